The lowest BCUT2D eigenvalue weighted by Crippen LogP contribution is -2.28. The zero-order valence-corrected chi connectivity index (χ0v) is 11.6. The van der Waals surface area contributed by atoms with Crippen LogP contribution in [-0.2, 0) is 10.9 Å². The van der Waals surface area contributed by atoms with Crippen molar-refractivity contribution in [3.05, 3.63) is 23.9 Å². The fourth-order valence-electron chi connectivity index (χ4n) is 1.91. The molecule has 0 radical (unpaired) electrons. The first-order valence-electron chi connectivity index (χ1n) is 6.12. The molecule has 114 valence electrons. The van der Waals surface area contributed by atoms with Gasteiger partial charge in [-0.1, -0.05) is 0 Å². The van der Waals surface area contributed by atoms with Crippen molar-refractivity contribution in [2.45, 2.75) is 6.18 Å². The van der Waals surface area contributed by atoms with E-state index in [1.165, 1.54) is 12.3 Å². The lowest BCUT2D eigenvalue weighted by molar-refractivity contribution is -0.137. The molecule has 1 aromatic heterocycles. The van der Waals surface area contributed by atoms with Crippen LogP contribution in [0.4, 0.5) is 19.0 Å². The van der Waals surface area contributed by atoms with Gasteiger partial charge in [0, 0.05) is 31.7 Å². The van der Waals surface area contributed by atoms with Gasteiger partial charge in [0.25, 0.3) is 0 Å². The third-order valence-electron chi connectivity index (χ3n) is 2.88. The average Bonchev–Trinajstić information content (AvgIpc) is 2.64. The third-order valence-corrected chi connectivity index (χ3v) is 2.88. The zero-order valence-electron chi connectivity index (χ0n) is 10.7. The lowest BCUT2D eigenvalue weighted by Gasteiger charge is -2.17. The second-order valence-corrected chi connectivity index (χ2v) is 4.42. The summed E-state index contributed by atoms with van der Waals surface area (Å²) >= 11 is 0. The number of anilines is 1. The summed E-state index contributed by atoms with van der Waals surface area (Å²) in [5, 5.41) is 5.94. The van der Waals surface area contributed by atoms with Gasteiger partial charge in [-0.25, -0.2) is 4.98 Å². The second kappa shape index (κ2) is 7.66. The number of alkyl halides is 3. The highest BCUT2D eigenvalue weighted by molar-refractivity contribution is 5.85. The predicted molar refractivity (Wildman–Crippen MR) is 72.2 cm³/mol. The van der Waals surface area contributed by atoms with Crippen molar-refractivity contribution >= 4 is 18.2 Å². The van der Waals surface area contributed by atoms with Gasteiger partial charge < -0.3 is 15.4 Å². The summed E-state index contributed by atoms with van der Waals surface area (Å²) < 4.78 is 43.6. The molecule has 1 fully saturated rings. The van der Waals surface area contributed by atoms with E-state index in [0.29, 0.717) is 19.8 Å². The molecule has 0 saturated carbocycles. The summed E-state index contributed by atoms with van der Waals surface area (Å²) in [5.41, 5.74) is -0.738. The van der Waals surface area contributed by atoms with E-state index in [1.54, 1.807) is 0 Å². The summed E-state index contributed by atoms with van der Waals surface area (Å²) in [7, 11) is 0. The summed E-state index contributed by atoms with van der Waals surface area (Å²) in [5.74, 6) is 0.00448. The Bertz CT molecular complexity index is 409. The van der Waals surface area contributed by atoms with Gasteiger partial charge in [-0.15, -0.1) is 12.4 Å². The molecule has 1 atom stereocenters. The van der Waals surface area contributed by atoms with Gasteiger partial charge in [0.05, 0.1) is 18.8 Å². The molecule has 4 nitrogen and oxygen atoms in total. The van der Waals surface area contributed by atoms with E-state index in [1.807, 2.05) is 0 Å². The third kappa shape index (κ3) is 4.81. The van der Waals surface area contributed by atoms with Gasteiger partial charge in [-0.2, -0.15) is 13.2 Å². The number of pyridine rings is 1. The normalized spacial score (nSPS) is 19.9. The van der Waals surface area contributed by atoms with E-state index in [4.69, 9.17) is 4.74 Å². The Morgan fingerprint density at radius 2 is 2.25 bits per heavy atom. The number of hydrogen-bond donors (Lipinski definition) is 2. The Morgan fingerprint density at radius 3 is 3.00 bits per heavy atom. The first kappa shape index (κ1) is 17.0. The van der Waals surface area contributed by atoms with Crippen LogP contribution in [0.15, 0.2) is 18.3 Å². The maximum atomic E-state index is 12.8. The van der Waals surface area contributed by atoms with Crippen LogP contribution in [-0.4, -0.2) is 37.8 Å². The van der Waals surface area contributed by atoms with Crippen LogP contribution in [0.2, 0.25) is 0 Å². The van der Waals surface area contributed by atoms with E-state index in [9.17, 15) is 13.2 Å². The van der Waals surface area contributed by atoms with Crippen LogP contribution in [0.3, 0.4) is 0 Å². The van der Waals surface area contributed by atoms with Crippen molar-refractivity contribution in [3.63, 3.8) is 0 Å². The standard InChI is InChI=1S/C12H16F3N3O.ClH/c13-12(14,15)10-2-1-3-17-11(10)18-7-9-6-16-4-5-19-8-9;/h1-3,9,16H,4-8H2,(H,17,18);1H. The molecular formula is C12H17ClF3N3O. The van der Waals surface area contributed by atoms with Crippen molar-refractivity contribution in [1.82, 2.24) is 10.3 Å². The van der Waals surface area contributed by atoms with Crippen molar-refractivity contribution < 1.29 is 17.9 Å². The van der Waals surface area contributed by atoms with Crippen molar-refractivity contribution in [3.8, 4) is 0 Å². The minimum Gasteiger partial charge on any atom is -0.380 e. The lowest BCUT2D eigenvalue weighted by atomic mass is 10.1. The van der Waals surface area contributed by atoms with Crippen LogP contribution in [0.1, 0.15) is 5.56 Å². The fourth-order valence-corrected chi connectivity index (χ4v) is 1.91. The van der Waals surface area contributed by atoms with E-state index < -0.39 is 11.7 Å². The van der Waals surface area contributed by atoms with Gasteiger partial charge >= 0.3 is 6.18 Å². The highest BCUT2D eigenvalue weighted by Gasteiger charge is 2.34. The minimum absolute atomic E-state index is 0. The summed E-state index contributed by atoms with van der Waals surface area (Å²) in [6, 6.07) is 2.31. The Morgan fingerprint density at radius 1 is 1.45 bits per heavy atom. The van der Waals surface area contributed by atoms with Gasteiger partial charge in [0.15, 0.2) is 0 Å². The van der Waals surface area contributed by atoms with Crippen LogP contribution in [0.5, 0.6) is 0 Å². The SMILES string of the molecule is Cl.FC(F)(F)c1cccnc1NCC1CNCCOC1. The molecule has 2 N–H and O–H groups in total. The number of aromatic nitrogens is 1. The summed E-state index contributed by atoms with van der Waals surface area (Å²) in [6.07, 6.45) is -3.05. The average molecular weight is 312 g/mol. The van der Waals surface area contributed by atoms with Crippen LogP contribution >= 0.6 is 12.4 Å². The molecule has 1 saturated heterocycles. The molecule has 1 aliphatic heterocycles. The molecule has 20 heavy (non-hydrogen) atoms. The number of hydrogen-bond acceptors (Lipinski definition) is 4. The number of nitrogens with one attached hydrogen (secondary N) is 2. The van der Waals surface area contributed by atoms with Crippen LogP contribution in [0.25, 0.3) is 0 Å². The Labute approximate surface area is 121 Å². The van der Waals surface area contributed by atoms with Gasteiger partial charge in [0.2, 0.25) is 0 Å². The molecule has 0 bridgehead atoms. The van der Waals surface area contributed by atoms with Gasteiger partial charge in [-0.3, -0.25) is 0 Å². The molecule has 0 aromatic carbocycles. The number of ether oxygens (including phenoxy) is 1. The molecule has 0 amide bonds. The maximum absolute atomic E-state index is 12.8. The number of nitrogens with zero attached hydrogens (tertiary/aromatic N) is 1. The molecule has 1 unspecified atom stereocenters. The fraction of sp³-hybridized carbons (Fsp3) is 0.583. The van der Waals surface area contributed by atoms with E-state index in [-0.39, 0.29) is 24.1 Å². The van der Waals surface area contributed by atoms with Crippen LogP contribution in [0, 0.1) is 5.92 Å². The highest BCUT2D eigenvalue weighted by Crippen LogP contribution is 2.33. The molecular weight excluding hydrogens is 295 g/mol. The summed E-state index contributed by atoms with van der Waals surface area (Å²) in [4.78, 5) is 3.76. The van der Waals surface area contributed by atoms with E-state index in [0.717, 1.165) is 19.2 Å². The molecule has 8 heteroatoms. The molecule has 0 spiro atoms. The molecule has 2 heterocycles. The molecule has 0 aliphatic carbocycles. The zero-order chi connectivity index (χ0) is 13.7. The number of halogens is 4. The highest BCUT2D eigenvalue weighted by atomic mass is 35.5. The van der Waals surface area contributed by atoms with Crippen molar-refractivity contribution in [2.24, 2.45) is 5.92 Å². The van der Waals surface area contributed by atoms with E-state index in [2.05, 4.69) is 15.6 Å². The Kier molecular flexibility index (Phi) is 6.51. The monoisotopic (exact) mass is 311 g/mol. The topological polar surface area (TPSA) is 46.2 Å². The Balaban J connectivity index is 0.00000200. The van der Waals surface area contributed by atoms with Gasteiger partial charge in [-0.05, 0) is 12.1 Å². The first-order chi connectivity index (χ1) is 9.07. The molecule has 2 rings (SSSR count). The molecule has 1 aromatic rings. The Hall–Kier alpha value is -1.05. The van der Waals surface area contributed by atoms with Crippen LogP contribution < -0.4 is 10.6 Å². The number of rotatable bonds is 3. The summed E-state index contributed by atoms with van der Waals surface area (Å²) in [6.45, 7) is 3.06. The van der Waals surface area contributed by atoms with E-state index >= 15 is 0 Å². The first-order valence-corrected chi connectivity index (χ1v) is 6.12. The van der Waals surface area contributed by atoms with Gasteiger partial charge in [0.1, 0.15) is 5.82 Å². The largest absolute Gasteiger partial charge is 0.419 e. The second-order valence-electron chi connectivity index (χ2n) is 4.42. The smallest absolute Gasteiger partial charge is 0.380 e. The molecule has 1 aliphatic rings. The maximum Gasteiger partial charge on any atom is 0.419 e. The van der Waals surface area contributed by atoms with Crippen molar-refractivity contribution in [1.29, 1.82) is 0 Å². The quantitative estimate of drug-likeness (QED) is 0.898. The minimum atomic E-state index is -4.39. The van der Waals surface area contributed by atoms with Crippen molar-refractivity contribution in [2.75, 3.05) is 38.2 Å². The predicted octanol–water partition coefficient (Wildman–Crippen LogP) is 2.17.